The number of rotatable bonds is 3. The molecule has 2 heteroatoms. The van der Waals surface area contributed by atoms with Crippen molar-refractivity contribution in [2.75, 3.05) is 0 Å². The molecule has 2 unspecified atom stereocenters. The molecule has 82 valence electrons. The lowest BCUT2D eigenvalue weighted by molar-refractivity contribution is 0.498. The van der Waals surface area contributed by atoms with Crippen LogP contribution >= 0.6 is 0 Å². The normalized spacial score (nSPS) is 25.7. The molecule has 0 aromatic carbocycles. The maximum Gasteiger partial charge on any atom is 0.0541 e. The monoisotopic (exact) mass is 204 g/mol. The highest BCUT2D eigenvalue weighted by Gasteiger charge is 2.20. The molecule has 1 aromatic rings. The average molecular weight is 204 g/mol. The predicted molar refractivity (Wildman–Crippen MR) is 62.6 cm³/mol. The molecular formula is C13H20N2. The van der Waals surface area contributed by atoms with Crippen LogP contribution in [-0.2, 0) is 6.54 Å². The van der Waals surface area contributed by atoms with Crippen molar-refractivity contribution in [2.45, 2.75) is 45.7 Å². The van der Waals surface area contributed by atoms with E-state index in [0.29, 0.717) is 6.04 Å². The number of pyridine rings is 1. The largest absolute Gasteiger partial charge is 0.308 e. The van der Waals surface area contributed by atoms with Crippen molar-refractivity contribution < 1.29 is 0 Å². The van der Waals surface area contributed by atoms with E-state index in [-0.39, 0.29) is 0 Å². The van der Waals surface area contributed by atoms with E-state index in [1.807, 2.05) is 6.20 Å². The average Bonchev–Trinajstić information content (AvgIpc) is 2.64. The van der Waals surface area contributed by atoms with Crippen molar-refractivity contribution in [3.05, 3.63) is 29.6 Å². The quantitative estimate of drug-likeness (QED) is 0.818. The summed E-state index contributed by atoms with van der Waals surface area (Å²) in [6.07, 6.45) is 5.96. The summed E-state index contributed by atoms with van der Waals surface area (Å²) in [7, 11) is 0. The van der Waals surface area contributed by atoms with E-state index in [2.05, 4.69) is 36.3 Å². The Balaban J connectivity index is 1.80. The zero-order valence-corrected chi connectivity index (χ0v) is 9.66. The fourth-order valence-electron chi connectivity index (χ4n) is 2.24. The van der Waals surface area contributed by atoms with Crippen LogP contribution in [0.4, 0.5) is 0 Å². The van der Waals surface area contributed by atoms with Gasteiger partial charge in [-0.2, -0.15) is 0 Å². The molecule has 1 aliphatic rings. The summed E-state index contributed by atoms with van der Waals surface area (Å²) >= 11 is 0. The fraction of sp³-hybridized carbons (Fsp3) is 0.615. The molecule has 1 aromatic heterocycles. The minimum absolute atomic E-state index is 0.711. The van der Waals surface area contributed by atoms with Crippen LogP contribution in [0.2, 0.25) is 0 Å². The maximum atomic E-state index is 4.40. The molecule has 0 radical (unpaired) electrons. The molecule has 2 atom stereocenters. The Kier molecular flexibility index (Phi) is 3.37. The summed E-state index contributed by atoms with van der Waals surface area (Å²) in [5.41, 5.74) is 2.38. The number of nitrogens with zero attached hydrogens (tertiary/aromatic N) is 1. The van der Waals surface area contributed by atoms with E-state index in [1.54, 1.807) is 0 Å². The molecule has 1 heterocycles. The Morgan fingerprint density at radius 1 is 1.40 bits per heavy atom. The summed E-state index contributed by atoms with van der Waals surface area (Å²) in [6.45, 7) is 5.33. The lowest BCUT2D eigenvalue weighted by Crippen LogP contribution is -2.26. The molecule has 1 N–H and O–H groups in total. The van der Waals surface area contributed by atoms with Crippen molar-refractivity contribution >= 4 is 0 Å². The molecule has 0 spiro atoms. The molecule has 15 heavy (non-hydrogen) atoms. The van der Waals surface area contributed by atoms with Crippen molar-refractivity contribution in [3.8, 4) is 0 Å². The number of aromatic nitrogens is 1. The van der Waals surface area contributed by atoms with Crippen LogP contribution in [0.5, 0.6) is 0 Å². The minimum atomic E-state index is 0.711. The molecule has 0 bridgehead atoms. The van der Waals surface area contributed by atoms with Gasteiger partial charge in [0.2, 0.25) is 0 Å². The molecule has 2 rings (SSSR count). The van der Waals surface area contributed by atoms with Crippen LogP contribution in [0.1, 0.15) is 37.4 Å². The van der Waals surface area contributed by atoms with Crippen molar-refractivity contribution in [3.63, 3.8) is 0 Å². The van der Waals surface area contributed by atoms with E-state index in [1.165, 1.54) is 24.8 Å². The Hall–Kier alpha value is -0.890. The summed E-state index contributed by atoms with van der Waals surface area (Å²) in [5.74, 6) is 0.897. The van der Waals surface area contributed by atoms with Gasteiger partial charge < -0.3 is 5.32 Å². The van der Waals surface area contributed by atoms with E-state index in [4.69, 9.17) is 0 Å². The highest BCUT2D eigenvalue weighted by Crippen LogP contribution is 2.24. The van der Waals surface area contributed by atoms with Gasteiger partial charge in [-0.25, -0.2) is 0 Å². The minimum Gasteiger partial charge on any atom is -0.308 e. The number of nitrogens with one attached hydrogen (secondary N) is 1. The fourth-order valence-corrected chi connectivity index (χ4v) is 2.24. The van der Waals surface area contributed by atoms with Gasteiger partial charge in [0, 0.05) is 18.8 Å². The summed E-state index contributed by atoms with van der Waals surface area (Å²) < 4.78 is 0. The smallest absolute Gasteiger partial charge is 0.0541 e. The first-order valence-electron chi connectivity index (χ1n) is 5.89. The Morgan fingerprint density at radius 2 is 2.27 bits per heavy atom. The molecule has 2 nitrogen and oxygen atoms in total. The lowest BCUT2D eigenvalue weighted by atomic mass is 10.1. The molecule has 0 amide bonds. The Labute approximate surface area is 92.1 Å². The van der Waals surface area contributed by atoms with E-state index in [0.717, 1.165) is 18.2 Å². The number of hydrogen-bond acceptors (Lipinski definition) is 2. The van der Waals surface area contributed by atoms with Crippen LogP contribution < -0.4 is 5.32 Å². The van der Waals surface area contributed by atoms with E-state index < -0.39 is 0 Å². The SMILES string of the molecule is Cc1ccc(CNC2CCC(C)C2)nc1. The predicted octanol–water partition coefficient (Wildman–Crippen LogP) is 2.67. The zero-order valence-electron chi connectivity index (χ0n) is 9.66. The van der Waals surface area contributed by atoms with E-state index in [9.17, 15) is 0 Å². The molecular weight excluding hydrogens is 184 g/mol. The first kappa shape index (κ1) is 10.6. The second-order valence-corrected chi connectivity index (χ2v) is 4.82. The third kappa shape index (κ3) is 3.03. The Morgan fingerprint density at radius 3 is 2.87 bits per heavy atom. The molecule has 1 saturated carbocycles. The first-order valence-corrected chi connectivity index (χ1v) is 5.89. The van der Waals surface area contributed by atoms with Gasteiger partial charge in [-0.1, -0.05) is 13.0 Å². The third-order valence-electron chi connectivity index (χ3n) is 3.24. The molecule has 0 saturated heterocycles. The number of hydrogen-bond donors (Lipinski definition) is 1. The first-order chi connectivity index (χ1) is 7.24. The van der Waals surface area contributed by atoms with Crippen LogP contribution in [0, 0.1) is 12.8 Å². The van der Waals surface area contributed by atoms with Gasteiger partial charge in [-0.15, -0.1) is 0 Å². The highest BCUT2D eigenvalue weighted by molar-refractivity contribution is 5.12. The molecule has 1 aliphatic carbocycles. The Bertz CT molecular complexity index is 305. The third-order valence-corrected chi connectivity index (χ3v) is 3.24. The van der Waals surface area contributed by atoms with Gasteiger partial charge in [0.15, 0.2) is 0 Å². The summed E-state index contributed by atoms with van der Waals surface area (Å²) in [4.78, 5) is 4.40. The van der Waals surface area contributed by atoms with Crippen LogP contribution in [0.3, 0.4) is 0 Å². The van der Waals surface area contributed by atoms with Gasteiger partial charge >= 0.3 is 0 Å². The van der Waals surface area contributed by atoms with E-state index >= 15 is 0 Å². The lowest BCUT2D eigenvalue weighted by Gasteiger charge is -2.11. The molecule has 1 fully saturated rings. The van der Waals surface area contributed by atoms with Crippen molar-refractivity contribution in [1.82, 2.24) is 10.3 Å². The van der Waals surface area contributed by atoms with Crippen LogP contribution in [0.15, 0.2) is 18.3 Å². The second-order valence-electron chi connectivity index (χ2n) is 4.82. The summed E-state index contributed by atoms with van der Waals surface area (Å²) in [5, 5.41) is 3.59. The zero-order chi connectivity index (χ0) is 10.7. The van der Waals surface area contributed by atoms with Gasteiger partial charge in [-0.05, 0) is 43.7 Å². The van der Waals surface area contributed by atoms with Crippen LogP contribution in [-0.4, -0.2) is 11.0 Å². The maximum absolute atomic E-state index is 4.40. The van der Waals surface area contributed by atoms with Gasteiger partial charge in [-0.3, -0.25) is 4.98 Å². The van der Waals surface area contributed by atoms with Gasteiger partial charge in [0.05, 0.1) is 5.69 Å². The standard InChI is InChI=1S/C13H20N2/c1-10-3-5-12(7-10)15-9-13-6-4-11(2)8-14-13/h4,6,8,10,12,15H,3,5,7,9H2,1-2H3. The van der Waals surface area contributed by atoms with Crippen LogP contribution in [0.25, 0.3) is 0 Å². The van der Waals surface area contributed by atoms with Gasteiger partial charge in [0.1, 0.15) is 0 Å². The van der Waals surface area contributed by atoms with Crippen molar-refractivity contribution in [1.29, 1.82) is 0 Å². The number of aryl methyl sites for hydroxylation is 1. The topological polar surface area (TPSA) is 24.9 Å². The highest BCUT2D eigenvalue weighted by atomic mass is 14.9. The summed E-state index contributed by atoms with van der Waals surface area (Å²) in [6, 6.07) is 4.95. The van der Waals surface area contributed by atoms with Gasteiger partial charge in [0.25, 0.3) is 0 Å². The molecule has 0 aliphatic heterocycles. The second kappa shape index (κ2) is 4.75. The van der Waals surface area contributed by atoms with Crippen molar-refractivity contribution in [2.24, 2.45) is 5.92 Å².